The molecule has 2 aromatic heterocycles. The van der Waals surface area contributed by atoms with Crippen LogP contribution < -0.4 is 4.90 Å². The minimum Gasteiger partial charge on any atom is -0.379 e. The van der Waals surface area contributed by atoms with Crippen molar-refractivity contribution in [1.29, 1.82) is 0 Å². The summed E-state index contributed by atoms with van der Waals surface area (Å²) in [5.74, 6) is 0.0156. The third kappa shape index (κ3) is 3.55. The Morgan fingerprint density at radius 3 is 2.88 bits per heavy atom. The van der Waals surface area contributed by atoms with Crippen LogP contribution in [0.25, 0.3) is 0 Å². The van der Waals surface area contributed by atoms with Crippen LogP contribution in [0.15, 0.2) is 48.9 Å². The van der Waals surface area contributed by atoms with E-state index in [0.717, 1.165) is 38.2 Å². The van der Waals surface area contributed by atoms with E-state index in [0.29, 0.717) is 25.5 Å². The van der Waals surface area contributed by atoms with E-state index in [2.05, 4.69) is 20.9 Å². The van der Waals surface area contributed by atoms with Crippen LogP contribution in [-0.2, 0) is 4.74 Å². The number of amides is 1. The number of hydrogen-bond acceptors (Lipinski definition) is 5. The van der Waals surface area contributed by atoms with E-state index in [1.165, 1.54) is 0 Å². The van der Waals surface area contributed by atoms with Gasteiger partial charge in [0, 0.05) is 44.0 Å². The van der Waals surface area contributed by atoms with Gasteiger partial charge in [0.2, 0.25) is 0 Å². The summed E-state index contributed by atoms with van der Waals surface area (Å²) in [6.45, 7) is 4.61. The molecule has 0 unspecified atom stereocenters. The molecule has 4 heterocycles. The second kappa shape index (κ2) is 7.41. The highest BCUT2D eigenvalue weighted by molar-refractivity contribution is 5.92. The van der Waals surface area contributed by atoms with E-state index < -0.39 is 0 Å². The number of ether oxygens (including phenoxy) is 1. The van der Waals surface area contributed by atoms with Crippen LogP contribution in [0.3, 0.4) is 0 Å². The van der Waals surface area contributed by atoms with E-state index in [-0.39, 0.29) is 11.3 Å². The summed E-state index contributed by atoms with van der Waals surface area (Å²) in [7, 11) is 0. The predicted octanol–water partition coefficient (Wildman–Crippen LogP) is 2.24. The molecule has 0 saturated carbocycles. The van der Waals surface area contributed by atoms with Crippen molar-refractivity contribution in [1.82, 2.24) is 14.9 Å². The summed E-state index contributed by atoms with van der Waals surface area (Å²) in [6.07, 6.45) is 7.42. The van der Waals surface area contributed by atoms with E-state index in [1.54, 1.807) is 18.5 Å². The van der Waals surface area contributed by atoms with Crippen molar-refractivity contribution in [2.24, 2.45) is 5.41 Å². The highest BCUT2D eigenvalue weighted by atomic mass is 16.5. The number of pyridine rings is 2. The summed E-state index contributed by atoms with van der Waals surface area (Å²) < 4.78 is 5.96. The van der Waals surface area contributed by atoms with E-state index in [9.17, 15) is 4.79 Å². The Morgan fingerprint density at radius 2 is 2.08 bits per heavy atom. The maximum atomic E-state index is 12.9. The molecular weight excluding hydrogens is 328 g/mol. The second-order valence-corrected chi connectivity index (χ2v) is 7.23. The van der Waals surface area contributed by atoms with E-state index in [4.69, 9.17) is 4.74 Å². The number of piperidine rings is 1. The van der Waals surface area contributed by atoms with Gasteiger partial charge in [-0.25, -0.2) is 0 Å². The normalized spacial score (nSPS) is 23.7. The molecule has 1 amide bonds. The number of anilines is 1. The van der Waals surface area contributed by atoms with Gasteiger partial charge >= 0.3 is 0 Å². The van der Waals surface area contributed by atoms with Gasteiger partial charge in [-0.1, -0.05) is 6.07 Å². The molecule has 4 rings (SSSR count). The lowest BCUT2D eigenvalue weighted by atomic mass is 9.80. The Hall–Kier alpha value is -2.47. The van der Waals surface area contributed by atoms with Crippen LogP contribution in [0.1, 0.15) is 23.3 Å². The van der Waals surface area contributed by atoms with Crippen LogP contribution >= 0.6 is 0 Å². The number of hydrogen-bond donors (Lipinski definition) is 0. The van der Waals surface area contributed by atoms with Crippen LogP contribution in [-0.4, -0.2) is 60.2 Å². The molecule has 2 aromatic rings. The fraction of sp³-hybridized carbons (Fsp3) is 0.450. The van der Waals surface area contributed by atoms with Gasteiger partial charge in [0.1, 0.15) is 5.69 Å². The standard InChI is InChI=1S/C20H24N4O2/c25-19(18-6-1-2-9-22-18)24-10-4-7-20(15-24)14-23(11-12-26-16-20)17-5-3-8-21-13-17/h1-3,5-6,8-9,13H,4,7,10-12,14-16H2/t20-/m0/s1. The van der Waals surface area contributed by atoms with Gasteiger partial charge in [0.25, 0.3) is 5.91 Å². The first-order chi connectivity index (χ1) is 12.8. The van der Waals surface area contributed by atoms with Gasteiger partial charge in [0.05, 0.1) is 25.1 Å². The molecule has 1 atom stereocenters. The highest BCUT2D eigenvalue weighted by Gasteiger charge is 2.40. The topological polar surface area (TPSA) is 58.6 Å². The zero-order chi connectivity index (χ0) is 17.8. The number of likely N-dealkylation sites (tertiary alicyclic amines) is 1. The molecule has 0 bridgehead atoms. The Bertz CT molecular complexity index is 740. The number of aromatic nitrogens is 2. The van der Waals surface area contributed by atoms with Gasteiger partial charge in [-0.3, -0.25) is 14.8 Å². The highest BCUT2D eigenvalue weighted by Crippen LogP contribution is 2.34. The van der Waals surface area contributed by atoms with Crippen molar-refractivity contribution in [3.63, 3.8) is 0 Å². The molecule has 6 nitrogen and oxygen atoms in total. The van der Waals surface area contributed by atoms with Crippen molar-refractivity contribution in [2.45, 2.75) is 12.8 Å². The zero-order valence-corrected chi connectivity index (χ0v) is 14.9. The number of carbonyl (C=O) groups excluding carboxylic acids is 1. The average Bonchev–Trinajstić information content (AvgIpc) is 2.91. The van der Waals surface area contributed by atoms with Crippen molar-refractivity contribution in [2.75, 3.05) is 44.3 Å². The fourth-order valence-electron chi connectivity index (χ4n) is 4.03. The SMILES string of the molecule is O=C(c1ccccn1)N1CCC[C@@]2(COCCN(c3cccnc3)C2)C1. The lowest BCUT2D eigenvalue weighted by Crippen LogP contribution is -2.52. The van der Waals surface area contributed by atoms with Gasteiger partial charge < -0.3 is 14.5 Å². The summed E-state index contributed by atoms with van der Waals surface area (Å²) in [6, 6.07) is 9.53. The lowest BCUT2D eigenvalue weighted by molar-refractivity contribution is 0.0133. The molecule has 0 aliphatic carbocycles. The van der Waals surface area contributed by atoms with E-state index >= 15 is 0 Å². The molecule has 0 aromatic carbocycles. The molecule has 136 valence electrons. The van der Waals surface area contributed by atoms with Gasteiger partial charge in [0.15, 0.2) is 0 Å². The van der Waals surface area contributed by atoms with Gasteiger partial charge in [-0.15, -0.1) is 0 Å². The Morgan fingerprint density at radius 1 is 1.12 bits per heavy atom. The number of carbonyl (C=O) groups is 1. The second-order valence-electron chi connectivity index (χ2n) is 7.23. The smallest absolute Gasteiger partial charge is 0.272 e. The van der Waals surface area contributed by atoms with Gasteiger partial charge in [-0.05, 0) is 37.1 Å². The Labute approximate surface area is 153 Å². The number of nitrogens with zero attached hydrogens (tertiary/aromatic N) is 4. The fourth-order valence-corrected chi connectivity index (χ4v) is 4.03. The average molecular weight is 352 g/mol. The quantitative estimate of drug-likeness (QED) is 0.830. The Balaban J connectivity index is 1.53. The molecule has 6 heteroatoms. The molecule has 1 spiro atoms. The Kier molecular flexibility index (Phi) is 4.84. The lowest BCUT2D eigenvalue weighted by Gasteiger charge is -2.43. The first-order valence-electron chi connectivity index (χ1n) is 9.19. The molecule has 0 radical (unpaired) electrons. The minimum atomic E-state index is -0.0466. The molecule has 26 heavy (non-hydrogen) atoms. The summed E-state index contributed by atoms with van der Waals surface area (Å²) in [5, 5.41) is 0. The molecule has 2 aliphatic heterocycles. The van der Waals surface area contributed by atoms with Crippen LogP contribution in [0.5, 0.6) is 0 Å². The third-order valence-corrected chi connectivity index (χ3v) is 5.28. The summed E-state index contributed by atoms with van der Waals surface area (Å²) >= 11 is 0. The zero-order valence-electron chi connectivity index (χ0n) is 14.9. The van der Waals surface area contributed by atoms with Crippen LogP contribution in [0.4, 0.5) is 5.69 Å². The van der Waals surface area contributed by atoms with Crippen molar-refractivity contribution >= 4 is 11.6 Å². The molecule has 2 fully saturated rings. The molecule has 2 aliphatic rings. The maximum absolute atomic E-state index is 12.9. The minimum absolute atomic E-state index is 0.0156. The third-order valence-electron chi connectivity index (χ3n) is 5.28. The van der Waals surface area contributed by atoms with Crippen LogP contribution in [0.2, 0.25) is 0 Å². The first kappa shape index (κ1) is 17.0. The van der Waals surface area contributed by atoms with Gasteiger partial charge in [-0.2, -0.15) is 0 Å². The van der Waals surface area contributed by atoms with Crippen molar-refractivity contribution in [3.8, 4) is 0 Å². The van der Waals surface area contributed by atoms with Crippen molar-refractivity contribution < 1.29 is 9.53 Å². The first-order valence-corrected chi connectivity index (χ1v) is 9.19. The monoisotopic (exact) mass is 352 g/mol. The van der Waals surface area contributed by atoms with Crippen LogP contribution in [0, 0.1) is 5.41 Å². The molecule has 0 N–H and O–H groups in total. The number of rotatable bonds is 2. The van der Waals surface area contributed by atoms with Crippen molar-refractivity contribution in [3.05, 3.63) is 54.6 Å². The largest absolute Gasteiger partial charge is 0.379 e. The summed E-state index contributed by atoms with van der Waals surface area (Å²) in [5.41, 5.74) is 1.59. The molecular formula is C20H24N4O2. The predicted molar refractivity (Wildman–Crippen MR) is 99.1 cm³/mol. The van der Waals surface area contributed by atoms with E-state index in [1.807, 2.05) is 29.3 Å². The maximum Gasteiger partial charge on any atom is 0.272 e. The molecule has 2 saturated heterocycles. The summed E-state index contributed by atoms with van der Waals surface area (Å²) in [4.78, 5) is 25.6.